The van der Waals surface area contributed by atoms with Gasteiger partial charge in [0.2, 0.25) is 0 Å². The first kappa shape index (κ1) is 28.0. The number of allylic oxidation sites excluding steroid dienone is 5. The first-order valence-electron chi connectivity index (χ1n) is 13.9. The molecule has 4 aromatic rings. The van der Waals surface area contributed by atoms with Crippen LogP contribution >= 0.6 is 0 Å². The molecular formula is C37H27N5Zn-2. The van der Waals surface area contributed by atoms with Gasteiger partial charge in [0.1, 0.15) is 0 Å². The van der Waals surface area contributed by atoms with Crippen LogP contribution in [0.15, 0.2) is 166 Å². The summed E-state index contributed by atoms with van der Waals surface area (Å²) in [4.78, 5) is 13.6. The summed E-state index contributed by atoms with van der Waals surface area (Å²) >= 11 is 1.00. The molecule has 6 heteroatoms. The number of hydrogen-bond acceptors (Lipinski definition) is 3. The molecule has 0 atom stereocenters. The normalized spacial score (nSPS) is 16.9. The van der Waals surface area contributed by atoms with Crippen LogP contribution in [-0.2, 0) is 17.9 Å². The Hall–Kier alpha value is -5.19. The number of aliphatic imine (C=N–C) groups is 2. The van der Waals surface area contributed by atoms with E-state index in [1.54, 1.807) is 0 Å². The summed E-state index contributed by atoms with van der Waals surface area (Å²) < 4.78 is 1.25. The summed E-state index contributed by atoms with van der Waals surface area (Å²) in [7, 11) is 0. The number of benzene rings is 3. The third kappa shape index (κ3) is 5.79. The van der Waals surface area contributed by atoms with Crippen LogP contribution in [0.2, 0.25) is 0 Å². The predicted octanol–water partition coefficient (Wildman–Crippen LogP) is 7.53. The standard InChI is InChI=1S/C37H27N5.Zn/c1-2-29(38)37(39)34-23-22-33(42-34)36(27-16-10-5-11-17-27)32-21-20-31(41-32)35(26-14-8-4-9-15-26)30-19-18-28(40-30)24-25-12-6-3-7-13-25;/h1-23,38,41H,39H2;/q-2;/b35-30-,36-33-,37-29+;. The molecule has 0 saturated heterocycles. The second kappa shape index (κ2) is 12.4. The molecule has 4 N–H and O–H groups in total. The number of rotatable bonds is 8. The number of aromatic amines is 1. The average Bonchev–Trinajstić information content (AvgIpc) is 3.85. The van der Waals surface area contributed by atoms with Gasteiger partial charge in [0.15, 0.2) is 0 Å². The van der Waals surface area contributed by atoms with Crippen LogP contribution in [0.5, 0.6) is 0 Å². The molecule has 0 amide bonds. The average molecular weight is 607 g/mol. The number of nitrogens with two attached hydrogens (primary N) is 1. The van der Waals surface area contributed by atoms with E-state index in [-0.39, 0.29) is 11.4 Å². The number of aromatic nitrogens is 1. The molecule has 1 aromatic heterocycles. The molecule has 0 unspecified atom stereocenters. The van der Waals surface area contributed by atoms with E-state index in [2.05, 4.69) is 77.8 Å². The summed E-state index contributed by atoms with van der Waals surface area (Å²) in [5, 5.41) is 0. The van der Waals surface area contributed by atoms with Crippen molar-refractivity contribution in [2.45, 2.75) is 0 Å². The van der Waals surface area contributed by atoms with Gasteiger partial charge in [-0.3, -0.25) is 18.4 Å². The van der Waals surface area contributed by atoms with Crippen LogP contribution < -0.4 is 5.73 Å². The number of hydrogen-bond donors (Lipinski definition) is 2. The Morgan fingerprint density at radius 1 is 0.651 bits per heavy atom. The van der Waals surface area contributed by atoms with Crippen molar-refractivity contribution in [3.63, 3.8) is 0 Å². The fourth-order valence-corrected chi connectivity index (χ4v) is 6.02. The Morgan fingerprint density at radius 3 is 1.58 bits per heavy atom. The SMILES string of the molecule is [CH-]=C/C([NH-])=C(\N)C1=N/C(=C(/c2ccccc2)c2ccc(/C(=C3/C=CC([C](=[Zn])c4ccccc4)=N3)c3ccccc3)[nH]2)C=C1. The minimum atomic E-state index is 0.0406. The maximum atomic E-state index is 8.01. The van der Waals surface area contributed by atoms with Crippen molar-refractivity contribution in [2.75, 3.05) is 0 Å². The van der Waals surface area contributed by atoms with Crippen molar-refractivity contribution in [3.8, 4) is 0 Å². The van der Waals surface area contributed by atoms with Gasteiger partial charge in [0, 0.05) is 0 Å². The Balaban J connectivity index is 1.48. The van der Waals surface area contributed by atoms with Crippen LogP contribution in [0.3, 0.4) is 0 Å². The Kier molecular flexibility index (Phi) is 8.03. The van der Waals surface area contributed by atoms with Crippen molar-refractivity contribution in [1.29, 1.82) is 0 Å². The number of H-pyrrole nitrogens is 1. The molecule has 0 fully saturated rings. The van der Waals surface area contributed by atoms with Gasteiger partial charge in [0.25, 0.3) is 0 Å². The maximum absolute atomic E-state index is 8.01. The zero-order chi connectivity index (χ0) is 29.8. The third-order valence-corrected chi connectivity index (χ3v) is 8.92. The van der Waals surface area contributed by atoms with Gasteiger partial charge in [0.05, 0.1) is 0 Å². The zero-order valence-electron chi connectivity index (χ0n) is 23.5. The van der Waals surface area contributed by atoms with Gasteiger partial charge in [-0.2, -0.15) is 0 Å². The minimum absolute atomic E-state index is 0.0406. The topological polar surface area (TPSA) is 90.3 Å². The summed E-state index contributed by atoms with van der Waals surface area (Å²) in [6.45, 7) is 5.54. The van der Waals surface area contributed by atoms with Crippen LogP contribution in [0, 0.1) is 6.58 Å². The van der Waals surface area contributed by atoms with E-state index in [1.807, 2.05) is 54.6 Å². The quantitative estimate of drug-likeness (QED) is 0.121. The van der Waals surface area contributed by atoms with Crippen LogP contribution in [0.4, 0.5) is 0 Å². The summed E-state index contributed by atoms with van der Waals surface area (Å²) in [6, 6.07) is 35.1. The molecule has 3 aromatic carbocycles. The Labute approximate surface area is 261 Å². The van der Waals surface area contributed by atoms with E-state index in [4.69, 9.17) is 28.0 Å². The molecule has 5 nitrogen and oxygen atoms in total. The van der Waals surface area contributed by atoms with Gasteiger partial charge >= 0.3 is 220 Å². The van der Waals surface area contributed by atoms with Crippen molar-refractivity contribution in [3.05, 3.63) is 197 Å². The summed E-state index contributed by atoms with van der Waals surface area (Å²) in [5.41, 5.74) is 24.7. The molecule has 0 spiro atoms. The molecule has 43 heavy (non-hydrogen) atoms. The molecule has 204 valence electrons. The number of nitrogens with zero attached hydrogens (tertiary/aromatic N) is 2. The van der Waals surface area contributed by atoms with E-state index in [0.717, 1.165) is 68.6 Å². The zero-order valence-corrected chi connectivity index (χ0v) is 26.4. The van der Waals surface area contributed by atoms with E-state index >= 15 is 0 Å². The summed E-state index contributed by atoms with van der Waals surface area (Å²) in [5.74, 6) is 0. The molecule has 0 radical (unpaired) electrons. The van der Waals surface area contributed by atoms with Gasteiger partial charge < -0.3 is 11.5 Å². The first-order chi connectivity index (χ1) is 21.0. The Bertz CT molecular complexity index is 1930. The van der Waals surface area contributed by atoms with Crippen molar-refractivity contribution < 1.29 is 17.9 Å². The second-order valence-corrected chi connectivity index (χ2v) is 11.5. The van der Waals surface area contributed by atoms with E-state index < -0.39 is 0 Å². The van der Waals surface area contributed by atoms with Gasteiger partial charge in [-0.15, -0.1) is 0 Å². The summed E-state index contributed by atoms with van der Waals surface area (Å²) in [6.07, 6.45) is 9.13. The van der Waals surface area contributed by atoms with Crippen molar-refractivity contribution in [2.24, 2.45) is 15.7 Å². The van der Waals surface area contributed by atoms with Gasteiger partial charge in [-0.05, 0) is 5.70 Å². The molecule has 0 aliphatic carbocycles. The van der Waals surface area contributed by atoms with Crippen molar-refractivity contribution in [1.82, 2.24) is 4.98 Å². The van der Waals surface area contributed by atoms with Gasteiger partial charge in [-0.1, -0.05) is 6.07 Å². The molecule has 0 saturated carbocycles. The fraction of sp³-hybridized carbons (Fsp3) is 0. The molecule has 2 aliphatic heterocycles. The van der Waals surface area contributed by atoms with E-state index in [1.165, 1.54) is 15.7 Å². The van der Waals surface area contributed by atoms with Crippen LogP contribution in [0.1, 0.15) is 28.1 Å². The fourth-order valence-electron chi connectivity index (χ4n) is 5.11. The molecular weight excluding hydrogens is 580 g/mol. The second-order valence-electron chi connectivity index (χ2n) is 10.0. The number of nitrogens with one attached hydrogen (secondary N) is 2. The first-order valence-corrected chi connectivity index (χ1v) is 15.4. The monoisotopic (exact) mass is 605 g/mol. The molecule has 0 bridgehead atoms. The van der Waals surface area contributed by atoms with E-state index in [0.29, 0.717) is 5.71 Å². The van der Waals surface area contributed by atoms with Crippen LogP contribution in [0.25, 0.3) is 16.9 Å². The van der Waals surface area contributed by atoms with Crippen LogP contribution in [-0.4, -0.2) is 20.5 Å². The predicted molar refractivity (Wildman–Crippen MR) is 174 cm³/mol. The van der Waals surface area contributed by atoms with Gasteiger partial charge in [-0.25, -0.2) is 0 Å². The van der Waals surface area contributed by atoms with E-state index in [9.17, 15) is 0 Å². The third-order valence-electron chi connectivity index (χ3n) is 7.31. The van der Waals surface area contributed by atoms with Crippen molar-refractivity contribution >= 4 is 26.7 Å². The molecule has 2 aliphatic rings. The molecule has 3 heterocycles. The molecule has 6 rings (SSSR count). The Morgan fingerprint density at radius 2 is 1.09 bits per heavy atom.